The van der Waals surface area contributed by atoms with E-state index in [1.807, 2.05) is 19.6 Å². The van der Waals surface area contributed by atoms with Gasteiger partial charge in [-0.05, 0) is 20.5 Å². The van der Waals surface area contributed by atoms with Crippen molar-refractivity contribution in [2.24, 2.45) is 15.9 Å². The molecule has 2 unspecified atom stereocenters. The molecule has 0 aromatic heterocycles. The van der Waals surface area contributed by atoms with Crippen molar-refractivity contribution in [2.75, 3.05) is 27.7 Å². The highest BCUT2D eigenvalue weighted by Crippen LogP contribution is 2.23. The SMILES string of the molecule is CCC(=C\NC)/N=C\N=C/N1CC(C)C1N(C)C. The Morgan fingerprint density at radius 2 is 2.22 bits per heavy atom. The Bertz CT molecular complexity index is 328. The Labute approximate surface area is 110 Å². The summed E-state index contributed by atoms with van der Waals surface area (Å²) in [5.74, 6) is 0.693. The molecule has 5 heteroatoms. The van der Waals surface area contributed by atoms with Gasteiger partial charge >= 0.3 is 0 Å². The number of likely N-dealkylation sites (tertiary alicyclic amines) is 1. The van der Waals surface area contributed by atoms with Gasteiger partial charge in [-0.15, -0.1) is 0 Å². The van der Waals surface area contributed by atoms with Crippen LogP contribution in [0.2, 0.25) is 0 Å². The molecule has 0 aromatic rings. The Kier molecular flexibility index (Phi) is 5.85. The molecule has 0 radical (unpaired) electrons. The Hall–Kier alpha value is -1.36. The molecular formula is C13H25N5. The van der Waals surface area contributed by atoms with Crippen molar-refractivity contribution in [3.8, 4) is 0 Å². The average molecular weight is 251 g/mol. The van der Waals surface area contributed by atoms with Crippen LogP contribution in [0.15, 0.2) is 21.9 Å². The van der Waals surface area contributed by atoms with Crippen LogP contribution in [0.1, 0.15) is 20.3 Å². The fraction of sp³-hybridized carbons (Fsp3) is 0.692. The van der Waals surface area contributed by atoms with Crippen molar-refractivity contribution in [3.05, 3.63) is 11.9 Å². The summed E-state index contributed by atoms with van der Waals surface area (Å²) >= 11 is 0. The van der Waals surface area contributed by atoms with Crippen molar-refractivity contribution in [3.63, 3.8) is 0 Å². The van der Waals surface area contributed by atoms with Gasteiger partial charge in [0.05, 0.1) is 18.2 Å². The zero-order chi connectivity index (χ0) is 13.5. The zero-order valence-electron chi connectivity index (χ0n) is 12.1. The number of aliphatic imine (C=N–C) groups is 2. The molecule has 1 rings (SSSR count). The molecule has 102 valence electrons. The predicted octanol–water partition coefficient (Wildman–Crippen LogP) is 1.35. The number of rotatable bonds is 6. The van der Waals surface area contributed by atoms with Gasteiger partial charge in [-0.25, -0.2) is 9.98 Å². The maximum Gasteiger partial charge on any atom is 0.117 e. The third-order valence-corrected chi connectivity index (χ3v) is 3.06. The van der Waals surface area contributed by atoms with Gasteiger partial charge in [0.25, 0.3) is 0 Å². The highest BCUT2D eigenvalue weighted by Gasteiger charge is 2.35. The molecule has 2 atom stereocenters. The maximum absolute atomic E-state index is 4.29. The first-order valence-corrected chi connectivity index (χ1v) is 6.44. The average Bonchev–Trinajstić information content (AvgIpc) is 2.30. The van der Waals surface area contributed by atoms with Crippen LogP contribution in [0, 0.1) is 5.92 Å². The van der Waals surface area contributed by atoms with Crippen LogP contribution < -0.4 is 5.32 Å². The molecule has 0 aliphatic carbocycles. The van der Waals surface area contributed by atoms with Crippen molar-refractivity contribution < 1.29 is 0 Å². The fourth-order valence-corrected chi connectivity index (χ4v) is 2.26. The molecule has 0 amide bonds. The monoisotopic (exact) mass is 251 g/mol. The summed E-state index contributed by atoms with van der Waals surface area (Å²) in [5.41, 5.74) is 0.996. The van der Waals surface area contributed by atoms with Gasteiger partial charge in [0.1, 0.15) is 6.34 Å². The van der Waals surface area contributed by atoms with E-state index in [9.17, 15) is 0 Å². The molecule has 0 aromatic carbocycles. The van der Waals surface area contributed by atoms with E-state index in [0.717, 1.165) is 18.7 Å². The van der Waals surface area contributed by atoms with Crippen molar-refractivity contribution in [2.45, 2.75) is 26.4 Å². The maximum atomic E-state index is 4.29. The Morgan fingerprint density at radius 3 is 2.72 bits per heavy atom. The van der Waals surface area contributed by atoms with Gasteiger partial charge in [-0.1, -0.05) is 13.8 Å². The van der Waals surface area contributed by atoms with Crippen LogP contribution >= 0.6 is 0 Å². The Balaban J connectivity index is 2.46. The lowest BCUT2D eigenvalue weighted by molar-refractivity contribution is -0.00204. The van der Waals surface area contributed by atoms with Gasteiger partial charge in [0.2, 0.25) is 0 Å². The molecule has 1 aliphatic rings. The lowest BCUT2D eigenvalue weighted by Crippen LogP contribution is -2.60. The summed E-state index contributed by atoms with van der Waals surface area (Å²) in [6.07, 6.45) is 6.73. The van der Waals surface area contributed by atoms with Crippen LogP contribution in [-0.2, 0) is 0 Å². The van der Waals surface area contributed by atoms with Crippen molar-refractivity contribution in [1.82, 2.24) is 15.1 Å². The summed E-state index contributed by atoms with van der Waals surface area (Å²) in [4.78, 5) is 13.0. The van der Waals surface area contributed by atoms with Crippen molar-refractivity contribution >= 4 is 12.7 Å². The Morgan fingerprint density at radius 1 is 1.50 bits per heavy atom. The van der Waals surface area contributed by atoms with E-state index < -0.39 is 0 Å². The first kappa shape index (κ1) is 14.7. The second-order valence-corrected chi connectivity index (χ2v) is 4.84. The molecule has 1 N–H and O–H groups in total. The van der Waals surface area contributed by atoms with Gasteiger partial charge in [0.15, 0.2) is 0 Å². The van der Waals surface area contributed by atoms with Gasteiger partial charge in [-0.2, -0.15) is 0 Å². The minimum absolute atomic E-state index is 0.459. The summed E-state index contributed by atoms with van der Waals surface area (Å²) in [7, 11) is 6.07. The lowest BCUT2D eigenvalue weighted by atomic mass is 9.97. The summed E-state index contributed by atoms with van der Waals surface area (Å²) < 4.78 is 0. The number of hydrogen-bond donors (Lipinski definition) is 1. The van der Waals surface area contributed by atoms with Gasteiger partial charge < -0.3 is 10.2 Å². The highest BCUT2D eigenvalue weighted by molar-refractivity contribution is 5.72. The molecular weight excluding hydrogens is 226 g/mol. The topological polar surface area (TPSA) is 43.2 Å². The standard InChI is InChI=1S/C13H25N5/c1-6-12(7-14-3)16-9-15-10-18-8-11(2)13(18)17(4)5/h7,9-11,13-14H,6,8H2,1-5H3/b12-7+,15-10-,16-9-. The minimum atomic E-state index is 0.459. The second-order valence-electron chi connectivity index (χ2n) is 4.84. The lowest BCUT2D eigenvalue weighted by Gasteiger charge is -2.48. The summed E-state index contributed by atoms with van der Waals surface area (Å²) in [6, 6.07) is 0. The number of allylic oxidation sites excluding steroid dienone is 1. The number of hydrogen-bond acceptors (Lipinski definition) is 3. The van der Waals surface area contributed by atoms with Crippen LogP contribution in [-0.4, -0.2) is 56.3 Å². The second kappa shape index (κ2) is 7.16. The third-order valence-electron chi connectivity index (χ3n) is 3.06. The van der Waals surface area contributed by atoms with Gasteiger partial charge in [-0.3, -0.25) is 4.90 Å². The van der Waals surface area contributed by atoms with Crippen LogP contribution in [0.4, 0.5) is 0 Å². The normalized spacial score (nSPS) is 25.2. The number of nitrogens with one attached hydrogen (secondary N) is 1. The predicted molar refractivity (Wildman–Crippen MR) is 77.8 cm³/mol. The minimum Gasteiger partial charge on any atom is -0.393 e. The quantitative estimate of drug-likeness (QED) is 0.572. The third kappa shape index (κ3) is 3.84. The summed E-state index contributed by atoms with van der Waals surface area (Å²) in [6.45, 7) is 5.39. The molecule has 18 heavy (non-hydrogen) atoms. The first-order chi connectivity index (χ1) is 8.60. The van der Waals surface area contributed by atoms with E-state index in [1.165, 1.54) is 0 Å². The smallest absolute Gasteiger partial charge is 0.117 e. The van der Waals surface area contributed by atoms with E-state index in [-0.39, 0.29) is 0 Å². The fourth-order valence-electron chi connectivity index (χ4n) is 2.26. The van der Waals surface area contributed by atoms with E-state index in [4.69, 9.17) is 0 Å². The van der Waals surface area contributed by atoms with Gasteiger partial charge in [0, 0.05) is 25.7 Å². The largest absolute Gasteiger partial charge is 0.393 e. The van der Waals surface area contributed by atoms with E-state index in [1.54, 1.807) is 6.34 Å². The molecule has 0 saturated carbocycles. The molecule has 5 nitrogen and oxygen atoms in total. The van der Waals surface area contributed by atoms with E-state index in [0.29, 0.717) is 12.1 Å². The van der Waals surface area contributed by atoms with Crippen LogP contribution in [0.5, 0.6) is 0 Å². The molecule has 1 fully saturated rings. The zero-order valence-corrected chi connectivity index (χ0v) is 12.1. The molecule has 1 saturated heterocycles. The summed E-state index contributed by atoms with van der Waals surface area (Å²) in [5, 5.41) is 2.97. The molecule has 1 aliphatic heterocycles. The van der Waals surface area contributed by atoms with Crippen LogP contribution in [0.25, 0.3) is 0 Å². The molecule has 1 heterocycles. The highest BCUT2D eigenvalue weighted by atomic mass is 15.4. The van der Waals surface area contributed by atoms with Crippen molar-refractivity contribution in [1.29, 1.82) is 0 Å². The molecule has 0 spiro atoms. The first-order valence-electron chi connectivity index (χ1n) is 6.44. The van der Waals surface area contributed by atoms with Crippen LogP contribution in [0.3, 0.4) is 0 Å². The van der Waals surface area contributed by atoms with E-state index in [2.05, 4.69) is 53.0 Å². The number of nitrogens with zero attached hydrogens (tertiary/aromatic N) is 4. The van der Waals surface area contributed by atoms with E-state index >= 15 is 0 Å². The molecule has 0 bridgehead atoms.